The van der Waals surface area contributed by atoms with Gasteiger partial charge in [-0.05, 0) is 36.7 Å². The van der Waals surface area contributed by atoms with Gasteiger partial charge in [-0.15, -0.1) is 0 Å². The second-order valence-electron chi connectivity index (χ2n) is 7.72. The molecule has 2 aromatic heterocycles. The van der Waals surface area contributed by atoms with E-state index in [0.29, 0.717) is 18.8 Å². The summed E-state index contributed by atoms with van der Waals surface area (Å²) in [5.74, 6) is 0. The van der Waals surface area contributed by atoms with Crippen molar-refractivity contribution in [1.29, 1.82) is 0 Å². The molecule has 0 atom stereocenters. The number of aryl methyl sites for hydroxylation is 1. The van der Waals surface area contributed by atoms with E-state index in [9.17, 15) is 4.79 Å². The average Bonchev–Trinajstić information content (AvgIpc) is 3.18. The maximum Gasteiger partial charge on any atom is 0.277 e. The number of hydrogen-bond donors (Lipinski definition) is 1. The Balaban J connectivity index is 1.75. The van der Waals surface area contributed by atoms with Gasteiger partial charge in [0.25, 0.3) is 5.56 Å². The summed E-state index contributed by atoms with van der Waals surface area (Å²) < 4.78 is 4.01. The van der Waals surface area contributed by atoms with Gasteiger partial charge in [-0.1, -0.05) is 60.7 Å². The van der Waals surface area contributed by atoms with Crippen LogP contribution < -0.4 is 11.3 Å². The van der Waals surface area contributed by atoms with E-state index < -0.39 is 0 Å². The van der Waals surface area contributed by atoms with Crippen LogP contribution in [0.3, 0.4) is 0 Å². The molecule has 0 aliphatic carbocycles. The summed E-state index contributed by atoms with van der Waals surface area (Å²) in [7, 11) is 0. The molecular weight excluding hydrogens is 384 g/mol. The van der Waals surface area contributed by atoms with Crippen molar-refractivity contribution in [3.05, 3.63) is 101 Å². The van der Waals surface area contributed by atoms with Crippen molar-refractivity contribution in [3.8, 4) is 11.3 Å². The topological polar surface area (TPSA) is 65.8 Å². The zero-order valence-electron chi connectivity index (χ0n) is 17.2. The Kier molecular flexibility index (Phi) is 5.10. The molecule has 31 heavy (non-hydrogen) atoms. The molecule has 0 radical (unpaired) electrons. The summed E-state index contributed by atoms with van der Waals surface area (Å²) in [4.78, 5) is 18.5. The maximum absolute atomic E-state index is 13.7. The summed E-state index contributed by atoms with van der Waals surface area (Å²) in [5.41, 5.74) is 10.8. The van der Waals surface area contributed by atoms with Crippen LogP contribution in [0.25, 0.3) is 33.2 Å². The van der Waals surface area contributed by atoms with Crippen LogP contribution in [0.2, 0.25) is 0 Å². The third kappa shape index (κ3) is 3.53. The normalized spacial score (nSPS) is 11.4. The highest BCUT2D eigenvalue weighted by atomic mass is 16.1. The van der Waals surface area contributed by atoms with Crippen molar-refractivity contribution in [2.24, 2.45) is 5.73 Å². The largest absolute Gasteiger partial charge is 0.347 e. The number of benzene rings is 3. The van der Waals surface area contributed by atoms with Crippen molar-refractivity contribution < 1.29 is 0 Å². The monoisotopic (exact) mass is 408 g/mol. The highest BCUT2D eigenvalue weighted by Gasteiger charge is 2.18. The van der Waals surface area contributed by atoms with Gasteiger partial charge < -0.3 is 14.9 Å². The van der Waals surface area contributed by atoms with Crippen LogP contribution in [0.15, 0.2) is 89.9 Å². The van der Waals surface area contributed by atoms with Crippen LogP contribution in [0, 0.1) is 0 Å². The molecule has 2 heterocycles. The van der Waals surface area contributed by atoms with Gasteiger partial charge in [-0.25, -0.2) is 4.98 Å². The van der Waals surface area contributed by atoms with Gasteiger partial charge in [-0.2, -0.15) is 0 Å². The minimum Gasteiger partial charge on any atom is -0.347 e. The average molecular weight is 409 g/mol. The Hall–Kier alpha value is -3.70. The molecule has 3 aromatic carbocycles. The highest BCUT2D eigenvalue weighted by molar-refractivity contribution is 5.96. The predicted molar refractivity (Wildman–Crippen MR) is 126 cm³/mol. The van der Waals surface area contributed by atoms with Crippen molar-refractivity contribution in [2.75, 3.05) is 6.54 Å². The summed E-state index contributed by atoms with van der Waals surface area (Å²) in [6.45, 7) is 1.93. The van der Waals surface area contributed by atoms with Gasteiger partial charge in [0, 0.05) is 29.2 Å². The molecule has 5 rings (SSSR count). The zero-order chi connectivity index (χ0) is 21.2. The molecule has 0 aliphatic rings. The number of hydrogen-bond acceptors (Lipinski definition) is 3. The fourth-order valence-corrected chi connectivity index (χ4v) is 4.17. The van der Waals surface area contributed by atoms with Gasteiger partial charge >= 0.3 is 0 Å². The lowest BCUT2D eigenvalue weighted by Crippen LogP contribution is -2.24. The second-order valence-corrected chi connectivity index (χ2v) is 7.72. The Morgan fingerprint density at radius 1 is 0.839 bits per heavy atom. The van der Waals surface area contributed by atoms with Gasteiger partial charge in [-0.3, -0.25) is 4.79 Å². The molecule has 0 bridgehead atoms. The molecule has 0 unspecified atom stereocenters. The molecule has 0 saturated heterocycles. The molecule has 0 fully saturated rings. The Morgan fingerprint density at radius 2 is 1.55 bits per heavy atom. The molecule has 0 spiro atoms. The first-order valence-corrected chi connectivity index (χ1v) is 10.6. The summed E-state index contributed by atoms with van der Waals surface area (Å²) in [5, 5.41) is 1.03. The summed E-state index contributed by atoms with van der Waals surface area (Å²) in [6.07, 6.45) is 2.92. The van der Waals surface area contributed by atoms with E-state index in [0.717, 1.165) is 46.0 Å². The molecule has 0 saturated carbocycles. The number of nitrogens with zero attached hydrogens (tertiary/aromatic N) is 3. The van der Waals surface area contributed by atoms with Crippen molar-refractivity contribution >= 4 is 21.9 Å². The third-order valence-corrected chi connectivity index (χ3v) is 5.68. The Bertz CT molecular complexity index is 1420. The Morgan fingerprint density at radius 3 is 2.35 bits per heavy atom. The first-order chi connectivity index (χ1) is 15.3. The molecule has 0 amide bonds. The Labute approximate surface area is 180 Å². The molecule has 5 heteroatoms. The minimum atomic E-state index is -0.0794. The first-order valence-electron chi connectivity index (χ1n) is 10.6. The minimum absolute atomic E-state index is 0.0794. The number of nitrogens with two attached hydrogens (primary N) is 1. The molecule has 154 valence electrons. The quantitative estimate of drug-likeness (QED) is 0.452. The maximum atomic E-state index is 13.7. The number of rotatable bonds is 6. The standard InChI is InChI=1S/C26H24N4O/c27-15-8-16-29-18-21(20-11-4-6-13-23(20)29)25-26(31)30(17-19-9-2-1-3-10-19)24-14-7-5-12-22(24)28-25/h1-7,9-14,18H,8,15-17,27H2. The molecule has 5 nitrogen and oxygen atoms in total. The lowest BCUT2D eigenvalue weighted by molar-refractivity contribution is 0.671. The van der Waals surface area contributed by atoms with Crippen LogP contribution in [-0.2, 0) is 13.1 Å². The van der Waals surface area contributed by atoms with Gasteiger partial charge in [0.2, 0.25) is 0 Å². The number of fused-ring (bicyclic) bond motifs is 2. The van der Waals surface area contributed by atoms with E-state index in [2.05, 4.69) is 16.7 Å². The highest BCUT2D eigenvalue weighted by Crippen LogP contribution is 2.29. The van der Waals surface area contributed by atoms with Crippen LogP contribution in [-0.4, -0.2) is 20.7 Å². The first kappa shape index (κ1) is 19.3. The van der Waals surface area contributed by atoms with E-state index in [4.69, 9.17) is 10.7 Å². The predicted octanol–water partition coefficient (Wildman–Crippen LogP) is 4.42. The fraction of sp³-hybridized carbons (Fsp3) is 0.154. The van der Waals surface area contributed by atoms with Gasteiger partial charge in [0.15, 0.2) is 0 Å². The lowest BCUT2D eigenvalue weighted by Gasteiger charge is -2.12. The van der Waals surface area contributed by atoms with Gasteiger partial charge in [0.1, 0.15) is 5.69 Å². The molecular formula is C26H24N4O. The SMILES string of the molecule is NCCCn1cc(-c2nc3ccccc3n(Cc3ccccc3)c2=O)c2ccccc21. The van der Waals surface area contributed by atoms with E-state index in [1.54, 1.807) is 0 Å². The fourth-order valence-electron chi connectivity index (χ4n) is 4.17. The van der Waals surface area contributed by atoms with Crippen LogP contribution in [0.1, 0.15) is 12.0 Å². The van der Waals surface area contributed by atoms with E-state index >= 15 is 0 Å². The van der Waals surface area contributed by atoms with Gasteiger partial charge in [0.05, 0.1) is 17.6 Å². The van der Waals surface area contributed by atoms with Crippen LogP contribution in [0.4, 0.5) is 0 Å². The molecule has 5 aromatic rings. The molecule has 2 N–H and O–H groups in total. The van der Waals surface area contributed by atoms with E-state index in [1.165, 1.54) is 0 Å². The van der Waals surface area contributed by atoms with E-state index in [-0.39, 0.29) is 5.56 Å². The lowest BCUT2D eigenvalue weighted by atomic mass is 10.1. The summed E-state index contributed by atoms with van der Waals surface area (Å²) in [6, 6.07) is 26.1. The van der Waals surface area contributed by atoms with Crippen molar-refractivity contribution in [3.63, 3.8) is 0 Å². The van der Waals surface area contributed by atoms with Crippen molar-refractivity contribution in [2.45, 2.75) is 19.5 Å². The second kappa shape index (κ2) is 8.20. The smallest absolute Gasteiger partial charge is 0.277 e. The zero-order valence-corrected chi connectivity index (χ0v) is 17.2. The van der Waals surface area contributed by atoms with Crippen LogP contribution >= 0.6 is 0 Å². The van der Waals surface area contributed by atoms with Crippen LogP contribution in [0.5, 0.6) is 0 Å². The number of aromatic nitrogens is 3. The van der Waals surface area contributed by atoms with Crippen molar-refractivity contribution in [1.82, 2.24) is 14.1 Å². The molecule has 0 aliphatic heterocycles. The third-order valence-electron chi connectivity index (χ3n) is 5.68. The van der Waals surface area contributed by atoms with E-state index in [1.807, 2.05) is 77.5 Å². The summed E-state index contributed by atoms with van der Waals surface area (Å²) >= 11 is 0. The number of para-hydroxylation sites is 3.